The Morgan fingerprint density at radius 1 is 1.09 bits per heavy atom. The second-order valence-corrected chi connectivity index (χ2v) is 5.58. The maximum absolute atomic E-state index is 12.5. The highest BCUT2D eigenvalue weighted by molar-refractivity contribution is 5.94. The molecule has 5 nitrogen and oxygen atoms in total. The van der Waals surface area contributed by atoms with E-state index in [1.165, 1.54) is 0 Å². The van der Waals surface area contributed by atoms with E-state index in [0.29, 0.717) is 24.2 Å². The molecule has 1 aromatic heterocycles. The molecule has 116 valence electrons. The van der Waals surface area contributed by atoms with E-state index < -0.39 is 0 Å². The molecule has 23 heavy (non-hydrogen) atoms. The third-order valence-corrected chi connectivity index (χ3v) is 4.03. The second-order valence-electron chi connectivity index (χ2n) is 5.58. The zero-order valence-corrected chi connectivity index (χ0v) is 12.9. The normalized spacial score (nSPS) is 15.2. The minimum absolute atomic E-state index is 0.0342. The summed E-state index contributed by atoms with van der Waals surface area (Å²) in [5.41, 5.74) is 2.27. The van der Waals surface area contributed by atoms with Gasteiger partial charge in [0.2, 0.25) is 0 Å². The number of carbonyl (C=O) groups is 1. The van der Waals surface area contributed by atoms with Gasteiger partial charge in [0.1, 0.15) is 0 Å². The number of carbonyl (C=O) groups excluding carboxylic acids is 1. The fraction of sp³-hybridized carbons (Fsp3) is 0.278. The molecular weight excluding hydrogens is 288 g/mol. The smallest absolute Gasteiger partial charge is 0.253 e. The topological polar surface area (TPSA) is 60.2 Å². The predicted molar refractivity (Wildman–Crippen MR) is 86.6 cm³/mol. The number of rotatable bonds is 3. The summed E-state index contributed by atoms with van der Waals surface area (Å²) in [6, 6.07) is 14.8. The van der Waals surface area contributed by atoms with Crippen molar-refractivity contribution in [1.29, 1.82) is 5.26 Å². The molecule has 0 aliphatic carbocycles. The average molecular weight is 306 g/mol. The third kappa shape index (κ3) is 3.74. The van der Waals surface area contributed by atoms with Crippen molar-refractivity contribution in [3.8, 4) is 6.07 Å². The van der Waals surface area contributed by atoms with Gasteiger partial charge >= 0.3 is 0 Å². The molecule has 2 aromatic rings. The van der Waals surface area contributed by atoms with E-state index in [4.69, 9.17) is 5.26 Å². The molecule has 0 bridgehead atoms. The van der Waals surface area contributed by atoms with Gasteiger partial charge in [-0.3, -0.25) is 14.7 Å². The Morgan fingerprint density at radius 2 is 1.83 bits per heavy atom. The van der Waals surface area contributed by atoms with E-state index in [-0.39, 0.29) is 5.91 Å². The molecule has 0 atom stereocenters. The quantitative estimate of drug-likeness (QED) is 0.869. The molecule has 1 saturated heterocycles. The lowest BCUT2D eigenvalue weighted by atomic mass is 10.1. The molecule has 0 spiro atoms. The van der Waals surface area contributed by atoms with Crippen LogP contribution in [0.5, 0.6) is 0 Å². The van der Waals surface area contributed by atoms with Gasteiger partial charge in [0.15, 0.2) is 0 Å². The van der Waals surface area contributed by atoms with Crippen molar-refractivity contribution in [3.05, 3.63) is 65.5 Å². The molecule has 0 unspecified atom stereocenters. The number of amides is 1. The summed E-state index contributed by atoms with van der Waals surface area (Å²) >= 11 is 0. The standard InChI is InChI=1S/C18H18N4O/c19-13-15-4-6-16(7-5-15)18(23)22-11-9-21(10-12-22)14-17-3-1-2-8-20-17/h1-8H,9-12,14H2. The van der Waals surface area contributed by atoms with Gasteiger partial charge in [-0.25, -0.2) is 0 Å². The van der Waals surface area contributed by atoms with Crippen LogP contribution in [0.25, 0.3) is 0 Å². The molecule has 1 aromatic carbocycles. The first-order chi connectivity index (χ1) is 11.3. The molecule has 2 heterocycles. The van der Waals surface area contributed by atoms with E-state index in [0.717, 1.165) is 25.3 Å². The van der Waals surface area contributed by atoms with Crippen LogP contribution in [0, 0.1) is 11.3 Å². The lowest BCUT2D eigenvalue weighted by molar-refractivity contribution is 0.0627. The van der Waals surface area contributed by atoms with Crippen LogP contribution >= 0.6 is 0 Å². The molecule has 1 aliphatic heterocycles. The lowest BCUT2D eigenvalue weighted by Crippen LogP contribution is -2.48. The Labute approximate surface area is 135 Å². The number of nitrogens with zero attached hydrogens (tertiary/aromatic N) is 4. The van der Waals surface area contributed by atoms with Crippen LogP contribution in [0.3, 0.4) is 0 Å². The van der Waals surface area contributed by atoms with Crippen molar-refractivity contribution in [1.82, 2.24) is 14.8 Å². The fourth-order valence-electron chi connectivity index (χ4n) is 2.70. The highest BCUT2D eigenvalue weighted by Crippen LogP contribution is 2.11. The van der Waals surface area contributed by atoms with Crippen LogP contribution in [0.15, 0.2) is 48.7 Å². The first-order valence-electron chi connectivity index (χ1n) is 7.68. The van der Waals surface area contributed by atoms with Crippen molar-refractivity contribution < 1.29 is 4.79 Å². The van der Waals surface area contributed by atoms with Crippen LogP contribution < -0.4 is 0 Å². The van der Waals surface area contributed by atoms with E-state index in [1.807, 2.05) is 23.1 Å². The van der Waals surface area contributed by atoms with Gasteiger partial charge in [-0.05, 0) is 36.4 Å². The van der Waals surface area contributed by atoms with Crippen molar-refractivity contribution in [2.75, 3.05) is 26.2 Å². The molecule has 5 heteroatoms. The Kier molecular flexibility index (Phi) is 4.65. The zero-order valence-electron chi connectivity index (χ0n) is 12.9. The highest BCUT2D eigenvalue weighted by atomic mass is 16.2. The number of nitriles is 1. The van der Waals surface area contributed by atoms with Crippen LogP contribution in [-0.2, 0) is 6.54 Å². The molecule has 1 aliphatic rings. The summed E-state index contributed by atoms with van der Waals surface area (Å²) < 4.78 is 0. The van der Waals surface area contributed by atoms with Crippen LogP contribution in [-0.4, -0.2) is 46.9 Å². The minimum atomic E-state index is 0.0342. The minimum Gasteiger partial charge on any atom is -0.336 e. The molecule has 0 radical (unpaired) electrons. The average Bonchev–Trinajstić information content (AvgIpc) is 2.63. The summed E-state index contributed by atoms with van der Waals surface area (Å²) in [6.07, 6.45) is 1.81. The summed E-state index contributed by atoms with van der Waals surface area (Å²) in [7, 11) is 0. The van der Waals surface area contributed by atoms with Gasteiger partial charge in [0.05, 0.1) is 17.3 Å². The maximum atomic E-state index is 12.5. The monoisotopic (exact) mass is 306 g/mol. The Morgan fingerprint density at radius 3 is 2.43 bits per heavy atom. The maximum Gasteiger partial charge on any atom is 0.253 e. The van der Waals surface area contributed by atoms with Gasteiger partial charge in [-0.15, -0.1) is 0 Å². The van der Waals surface area contributed by atoms with E-state index in [1.54, 1.807) is 30.5 Å². The van der Waals surface area contributed by atoms with E-state index in [9.17, 15) is 4.79 Å². The molecule has 1 fully saturated rings. The molecule has 1 amide bonds. The Hall–Kier alpha value is -2.71. The van der Waals surface area contributed by atoms with Gasteiger partial charge < -0.3 is 4.90 Å². The molecule has 3 rings (SSSR count). The molecular formula is C18H18N4O. The number of pyridine rings is 1. The number of hydrogen-bond acceptors (Lipinski definition) is 4. The SMILES string of the molecule is N#Cc1ccc(C(=O)N2CCN(Cc3ccccn3)CC2)cc1. The van der Waals surface area contributed by atoms with Crippen LogP contribution in [0.1, 0.15) is 21.6 Å². The number of hydrogen-bond donors (Lipinski definition) is 0. The Balaban J connectivity index is 1.56. The molecule has 0 saturated carbocycles. The first kappa shape index (κ1) is 15.2. The van der Waals surface area contributed by atoms with E-state index >= 15 is 0 Å². The summed E-state index contributed by atoms with van der Waals surface area (Å²) in [4.78, 5) is 21.0. The zero-order chi connectivity index (χ0) is 16.1. The van der Waals surface area contributed by atoms with Crippen molar-refractivity contribution in [3.63, 3.8) is 0 Å². The second kappa shape index (κ2) is 7.03. The van der Waals surface area contributed by atoms with Gasteiger partial charge in [0.25, 0.3) is 5.91 Å². The van der Waals surface area contributed by atoms with Crippen LogP contribution in [0.2, 0.25) is 0 Å². The lowest BCUT2D eigenvalue weighted by Gasteiger charge is -2.34. The highest BCUT2D eigenvalue weighted by Gasteiger charge is 2.22. The third-order valence-electron chi connectivity index (χ3n) is 4.03. The van der Waals surface area contributed by atoms with Gasteiger partial charge in [-0.2, -0.15) is 5.26 Å². The van der Waals surface area contributed by atoms with Crippen LogP contribution in [0.4, 0.5) is 0 Å². The van der Waals surface area contributed by atoms with Crippen molar-refractivity contribution >= 4 is 5.91 Å². The van der Waals surface area contributed by atoms with Gasteiger partial charge in [0, 0.05) is 44.5 Å². The van der Waals surface area contributed by atoms with Crippen molar-refractivity contribution in [2.45, 2.75) is 6.54 Å². The van der Waals surface area contributed by atoms with E-state index in [2.05, 4.69) is 16.0 Å². The van der Waals surface area contributed by atoms with Gasteiger partial charge in [-0.1, -0.05) is 6.07 Å². The number of aromatic nitrogens is 1. The largest absolute Gasteiger partial charge is 0.336 e. The fourth-order valence-corrected chi connectivity index (χ4v) is 2.70. The van der Waals surface area contributed by atoms with Crippen molar-refractivity contribution in [2.24, 2.45) is 0 Å². The Bertz CT molecular complexity index is 698. The number of benzene rings is 1. The summed E-state index contributed by atoms with van der Waals surface area (Å²) in [5.74, 6) is 0.0342. The number of piperazine rings is 1. The summed E-state index contributed by atoms with van der Waals surface area (Å²) in [5, 5.41) is 8.81. The summed E-state index contributed by atoms with van der Waals surface area (Å²) in [6.45, 7) is 3.94. The molecule has 0 N–H and O–H groups in total. The predicted octanol–water partition coefficient (Wildman–Crippen LogP) is 1.91. The first-order valence-corrected chi connectivity index (χ1v) is 7.68.